The summed E-state index contributed by atoms with van der Waals surface area (Å²) in [7, 11) is 0. The summed E-state index contributed by atoms with van der Waals surface area (Å²) in [6.45, 7) is 2.29. The van der Waals surface area contributed by atoms with E-state index >= 15 is 0 Å². The number of carbonyl (C=O) groups is 1. The highest BCUT2D eigenvalue weighted by Gasteiger charge is 2.21. The Hall–Kier alpha value is -1.83. The van der Waals surface area contributed by atoms with Crippen molar-refractivity contribution >= 4 is 5.97 Å². The smallest absolute Gasteiger partial charge is 0.328 e. The lowest BCUT2D eigenvalue weighted by Crippen LogP contribution is -2.13. The van der Waals surface area contributed by atoms with Gasteiger partial charge in [0.15, 0.2) is 0 Å². The number of hydrogen-bond acceptors (Lipinski definition) is 1. The van der Waals surface area contributed by atoms with Crippen molar-refractivity contribution in [3.8, 4) is 0 Å². The summed E-state index contributed by atoms with van der Waals surface area (Å²) in [6, 6.07) is 9.30. The van der Waals surface area contributed by atoms with Crippen LogP contribution in [-0.2, 0) is 11.2 Å². The molecule has 2 heteroatoms. The van der Waals surface area contributed by atoms with Gasteiger partial charge in [0.05, 0.1) is 0 Å². The molecule has 1 N–H and O–H groups in total. The Labute approximate surface area is 165 Å². The molecule has 0 aliphatic heterocycles. The summed E-state index contributed by atoms with van der Waals surface area (Å²) in [5.41, 5.74) is 2.94. The van der Waals surface area contributed by atoms with Crippen LogP contribution >= 0.6 is 0 Å². The lowest BCUT2D eigenvalue weighted by molar-refractivity contribution is -0.131. The number of carboxylic acid groups (broad SMARTS) is 1. The Bertz CT molecular complexity index is 589. The quantitative estimate of drug-likeness (QED) is 0.258. The number of benzene rings is 1. The average Bonchev–Trinajstić information content (AvgIpc) is 2.68. The normalized spacial score (nSPS) is 20.5. The van der Waals surface area contributed by atoms with E-state index in [1.807, 2.05) is 12.2 Å². The number of aryl methyl sites for hydroxylation is 1. The lowest BCUT2D eigenvalue weighted by Gasteiger charge is -2.29. The zero-order valence-electron chi connectivity index (χ0n) is 16.9. The second kappa shape index (κ2) is 12.5. The minimum atomic E-state index is -0.898. The van der Waals surface area contributed by atoms with Crippen LogP contribution < -0.4 is 0 Å². The van der Waals surface area contributed by atoms with Crippen LogP contribution in [0.25, 0.3) is 0 Å². The van der Waals surface area contributed by atoms with Crippen molar-refractivity contribution in [3.05, 3.63) is 59.7 Å². The van der Waals surface area contributed by atoms with Crippen LogP contribution in [0, 0.1) is 5.92 Å². The average molecular weight is 369 g/mol. The van der Waals surface area contributed by atoms with E-state index < -0.39 is 5.97 Å². The van der Waals surface area contributed by atoms with Crippen LogP contribution in [0.3, 0.4) is 0 Å². The molecule has 0 unspecified atom stereocenters. The third kappa shape index (κ3) is 8.60. The highest BCUT2D eigenvalue weighted by atomic mass is 16.4. The monoisotopic (exact) mass is 368 g/mol. The van der Waals surface area contributed by atoms with Crippen LogP contribution in [0.2, 0.25) is 0 Å². The minimum Gasteiger partial charge on any atom is -0.478 e. The molecule has 1 aliphatic rings. The first-order chi connectivity index (χ1) is 13.2. The van der Waals surface area contributed by atoms with Gasteiger partial charge in [0.25, 0.3) is 0 Å². The number of allylic oxidation sites excluding steroid dienone is 3. The van der Waals surface area contributed by atoms with Gasteiger partial charge in [0, 0.05) is 6.08 Å². The molecule has 0 saturated heterocycles. The van der Waals surface area contributed by atoms with Gasteiger partial charge in [-0.25, -0.2) is 4.79 Å². The first-order valence-corrected chi connectivity index (χ1v) is 10.8. The van der Waals surface area contributed by atoms with Gasteiger partial charge in [0.2, 0.25) is 0 Å². The molecule has 1 fully saturated rings. The van der Waals surface area contributed by atoms with Gasteiger partial charge in [-0.1, -0.05) is 75.1 Å². The van der Waals surface area contributed by atoms with Crippen molar-refractivity contribution in [2.75, 3.05) is 0 Å². The molecule has 0 aromatic heterocycles. The van der Waals surface area contributed by atoms with Crippen LogP contribution in [0.15, 0.2) is 48.6 Å². The molecule has 1 aromatic carbocycles. The lowest BCUT2D eigenvalue weighted by atomic mass is 9.77. The number of carboxylic acids is 1. The Balaban J connectivity index is 1.67. The van der Waals surface area contributed by atoms with E-state index in [-0.39, 0.29) is 0 Å². The molecule has 1 aliphatic carbocycles. The molecule has 1 saturated carbocycles. The van der Waals surface area contributed by atoms with Crippen LogP contribution in [0.5, 0.6) is 0 Å². The number of unbranched alkanes of at least 4 members (excludes halogenated alkanes) is 3. The van der Waals surface area contributed by atoms with E-state index in [1.54, 1.807) is 6.08 Å². The zero-order chi connectivity index (χ0) is 19.3. The molecule has 1 aromatic rings. The molecule has 2 rings (SSSR count). The molecular weight excluding hydrogens is 332 g/mol. The van der Waals surface area contributed by atoms with Gasteiger partial charge in [-0.05, 0) is 67.9 Å². The van der Waals surface area contributed by atoms with Crippen molar-refractivity contribution in [1.29, 1.82) is 0 Å². The van der Waals surface area contributed by atoms with E-state index in [4.69, 9.17) is 5.11 Å². The van der Waals surface area contributed by atoms with Crippen molar-refractivity contribution in [2.45, 2.75) is 83.5 Å². The van der Waals surface area contributed by atoms with Crippen molar-refractivity contribution in [2.24, 2.45) is 5.92 Å². The first-order valence-electron chi connectivity index (χ1n) is 10.8. The fourth-order valence-corrected chi connectivity index (χ4v) is 4.16. The van der Waals surface area contributed by atoms with Crippen molar-refractivity contribution < 1.29 is 9.90 Å². The summed E-state index contributed by atoms with van der Waals surface area (Å²) in [4.78, 5) is 10.4. The maximum Gasteiger partial charge on any atom is 0.328 e. The third-order valence-electron chi connectivity index (χ3n) is 5.84. The standard InChI is InChI=1S/C25H36O2/c1-2-3-7-10-21-13-17-23(18-14-21)24-19-15-22(16-20-24)11-8-5-4-6-9-12-25(26)27/h4,6,9,12,15-16,19-21,23H,2-3,5,7-8,10-11,13-14,17-18H2,1H3,(H,26,27)/b6-4+,12-9+/t21-,23-. The van der Waals surface area contributed by atoms with Gasteiger partial charge < -0.3 is 5.11 Å². The Morgan fingerprint density at radius 2 is 1.78 bits per heavy atom. The van der Waals surface area contributed by atoms with Crippen molar-refractivity contribution in [3.63, 3.8) is 0 Å². The molecule has 27 heavy (non-hydrogen) atoms. The number of hydrogen-bond donors (Lipinski definition) is 1. The fourth-order valence-electron chi connectivity index (χ4n) is 4.16. The molecule has 0 spiro atoms. The van der Waals surface area contributed by atoms with Crippen molar-refractivity contribution in [1.82, 2.24) is 0 Å². The predicted octanol–water partition coefficient (Wildman–Crippen LogP) is 7.06. The van der Waals surface area contributed by atoms with Gasteiger partial charge in [-0.15, -0.1) is 0 Å². The summed E-state index contributed by atoms with van der Waals surface area (Å²) >= 11 is 0. The van der Waals surface area contributed by atoms with Crippen LogP contribution in [0.1, 0.15) is 88.2 Å². The topological polar surface area (TPSA) is 37.3 Å². The summed E-state index contributed by atoms with van der Waals surface area (Å²) < 4.78 is 0. The highest BCUT2D eigenvalue weighted by Crippen LogP contribution is 2.37. The van der Waals surface area contributed by atoms with E-state index in [9.17, 15) is 4.79 Å². The molecular formula is C25H36O2. The van der Waals surface area contributed by atoms with Crippen LogP contribution in [-0.4, -0.2) is 11.1 Å². The van der Waals surface area contributed by atoms with Crippen LogP contribution in [0.4, 0.5) is 0 Å². The summed E-state index contributed by atoms with van der Waals surface area (Å²) in [5, 5.41) is 8.52. The maximum atomic E-state index is 10.4. The molecule has 0 radical (unpaired) electrons. The van der Waals surface area contributed by atoms with Gasteiger partial charge >= 0.3 is 5.97 Å². The number of aliphatic carboxylic acids is 1. The van der Waals surface area contributed by atoms with E-state index in [0.29, 0.717) is 0 Å². The number of rotatable bonds is 11. The third-order valence-corrected chi connectivity index (χ3v) is 5.84. The van der Waals surface area contributed by atoms with Gasteiger partial charge in [-0.2, -0.15) is 0 Å². The second-order valence-corrected chi connectivity index (χ2v) is 7.97. The largest absolute Gasteiger partial charge is 0.478 e. The second-order valence-electron chi connectivity index (χ2n) is 7.97. The molecule has 0 heterocycles. The van der Waals surface area contributed by atoms with Gasteiger partial charge in [0.1, 0.15) is 0 Å². The Kier molecular flexibility index (Phi) is 9.97. The maximum absolute atomic E-state index is 10.4. The van der Waals surface area contributed by atoms with E-state index in [1.165, 1.54) is 62.5 Å². The van der Waals surface area contributed by atoms with Gasteiger partial charge in [-0.3, -0.25) is 0 Å². The zero-order valence-corrected chi connectivity index (χ0v) is 16.9. The SMILES string of the molecule is CCCCC[C@H]1CC[C@H](c2ccc(CCC/C=C/C=C/C(=O)O)cc2)CC1. The van der Waals surface area contributed by atoms with E-state index in [2.05, 4.69) is 31.2 Å². The summed E-state index contributed by atoms with van der Waals surface area (Å²) in [5.74, 6) is 0.848. The molecule has 0 amide bonds. The molecule has 0 bridgehead atoms. The molecule has 0 atom stereocenters. The molecule has 2 nitrogen and oxygen atoms in total. The predicted molar refractivity (Wildman–Crippen MR) is 114 cm³/mol. The van der Waals surface area contributed by atoms with E-state index in [0.717, 1.165) is 37.2 Å². The first kappa shape index (κ1) is 21.5. The molecule has 148 valence electrons. The fraction of sp³-hybridized carbons (Fsp3) is 0.560. The Morgan fingerprint density at radius 3 is 2.44 bits per heavy atom. The highest BCUT2D eigenvalue weighted by molar-refractivity contribution is 5.80. The summed E-state index contributed by atoms with van der Waals surface area (Å²) in [6.07, 6.45) is 20.9. The minimum absolute atomic E-state index is 0.769. The Morgan fingerprint density at radius 1 is 1.04 bits per heavy atom.